The number of aryl methyl sites for hydroxylation is 3. The van der Waals surface area contributed by atoms with E-state index in [1.165, 1.54) is 32.9 Å². The normalized spacial score (nSPS) is 14.6. The molecule has 0 fully saturated rings. The molecule has 0 saturated carbocycles. The van der Waals surface area contributed by atoms with Gasteiger partial charge in [0, 0.05) is 31.1 Å². The van der Waals surface area contributed by atoms with Gasteiger partial charge in [-0.1, -0.05) is 26.0 Å². The molecule has 1 unspecified atom stereocenters. The summed E-state index contributed by atoms with van der Waals surface area (Å²) in [5, 5.41) is 15.4. The summed E-state index contributed by atoms with van der Waals surface area (Å²) < 4.78 is 12.2. The zero-order valence-corrected chi connectivity index (χ0v) is 20.0. The summed E-state index contributed by atoms with van der Waals surface area (Å²) in [6, 6.07) is 12.0. The van der Waals surface area contributed by atoms with Crippen molar-refractivity contribution < 1.29 is 14.6 Å². The number of ether oxygens (including phenoxy) is 2. The number of aliphatic hydroxyl groups is 1. The molecule has 1 heterocycles. The molecule has 0 radical (unpaired) electrons. The summed E-state index contributed by atoms with van der Waals surface area (Å²) in [5.41, 5.74) is 6.96. The van der Waals surface area contributed by atoms with Gasteiger partial charge in [0.25, 0.3) is 5.56 Å². The number of hydrogen-bond donors (Lipinski definition) is 2. The molecule has 33 heavy (non-hydrogen) atoms. The van der Waals surface area contributed by atoms with Gasteiger partial charge in [-0.2, -0.15) is 0 Å². The van der Waals surface area contributed by atoms with Crippen LogP contribution in [0.2, 0.25) is 0 Å². The van der Waals surface area contributed by atoms with Crippen LogP contribution in [0.25, 0.3) is 10.9 Å². The minimum atomic E-state index is -1.02. The van der Waals surface area contributed by atoms with Crippen molar-refractivity contribution in [1.29, 1.82) is 0 Å². The second-order valence-electron chi connectivity index (χ2n) is 8.88. The number of methoxy groups -OCH3 is 1. The Morgan fingerprint density at radius 1 is 1.09 bits per heavy atom. The monoisotopic (exact) mass is 450 g/mol. The zero-order valence-electron chi connectivity index (χ0n) is 20.0. The van der Waals surface area contributed by atoms with Crippen molar-refractivity contribution in [3.63, 3.8) is 0 Å². The van der Waals surface area contributed by atoms with Gasteiger partial charge in [-0.25, -0.2) is 0 Å². The van der Waals surface area contributed by atoms with Crippen LogP contribution >= 0.6 is 0 Å². The van der Waals surface area contributed by atoms with Crippen LogP contribution in [-0.4, -0.2) is 36.2 Å². The van der Waals surface area contributed by atoms with E-state index in [-0.39, 0.29) is 24.9 Å². The van der Waals surface area contributed by atoms with Crippen LogP contribution in [0.1, 0.15) is 47.9 Å². The second-order valence-corrected chi connectivity index (χ2v) is 8.88. The van der Waals surface area contributed by atoms with E-state index in [1.54, 1.807) is 13.2 Å². The lowest BCUT2D eigenvalue weighted by atomic mass is 9.97. The highest BCUT2D eigenvalue weighted by molar-refractivity contribution is 5.86. The van der Waals surface area contributed by atoms with E-state index in [0.29, 0.717) is 11.3 Å². The first-order chi connectivity index (χ1) is 15.9. The summed E-state index contributed by atoms with van der Waals surface area (Å²) in [5.74, 6) is 0.524. The molecule has 1 aliphatic rings. The minimum absolute atomic E-state index is 0.0653. The maximum atomic E-state index is 12.8. The Hall–Kier alpha value is -2.67. The van der Waals surface area contributed by atoms with Crippen LogP contribution in [-0.2, 0) is 30.4 Å². The molecule has 2 aromatic carbocycles. The smallest absolute Gasteiger partial charge is 0.253 e. The second kappa shape index (κ2) is 10.1. The van der Waals surface area contributed by atoms with E-state index in [2.05, 4.69) is 31.3 Å². The number of pyridine rings is 1. The standard InChI is InChI=1S/C27H34N2O4/c1-5-18-11-21-13-23(14-22(21)12-19(18)6-2)28-15-26(31)29-25(30)8-7-20-9-17(3)10-24(27(20)29)33-16-32-4/h7-12,23,26,28,31H,5-6,13-16H2,1-4H3. The number of rotatable bonds is 9. The van der Waals surface area contributed by atoms with Gasteiger partial charge in [0.1, 0.15) is 12.0 Å². The maximum Gasteiger partial charge on any atom is 0.253 e. The topological polar surface area (TPSA) is 72.7 Å². The van der Waals surface area contributed by atoms with Crippen LogP contribution in [0.3, 0.4) is 0 Å². The quantitative estimate of drug-likeness (QED) is 0.487. The molecular weight excluding hydrogens is 416 g/mol. The Kier molecular flexibility index (Phi) is 7.17. The fraction of sp³-hybridized carbons (Fsp3) is 0.444. The number of fused-ring (bicyclic) bond motifs is 2. The van der Waals surface area contributed by atoms with Crippen LogP contribution < -0.4 is 15.6 Å². The number of nitrogens with one attached hydrogen (secondary N) is 1. The maximum absolute atomic E-state index is 12.8. The lowest BCUT2D eigenvalue weighted by molar-refractivity contribution is 0.0508. The van der Waals surface area contributed by atoms with Gasteiger partial charge in [0.05, 0.1) is 5.52 Å². The van der Waals surface area contributed by atoms with Crippen molar-refractivity contribution in [3.05, 3.63) is 74.6 Å². The van der Waals surface area contributed by atoms with Crippen LogP contribution in [0.5, 0.6) is 5.75 Å². The molecule has 1 atom stereocenters. The highest BCUT2D eigenvalue weighted by atomic mass is 16.7. The molecular formula is C27H34N2O4. The highest BCUT2D eigenvalue weighted by Gasteiger charge is 2.24. The SMILES string of the molecule is CCc1cc2c(cc1CC)CC(NCC(O)n1c(=O)ccc3cc(C)cc(OCOC)c31)C2. The summed E-state index contributed by atoms with van der Waals surface area (Å²) in [6.07, 6.45) is 2.94. The van der Waals surface area contributed by atoms with Crippen molar-refractivity contribution in [2.45, 2.75) is 58.7 Å². The van der Waals surface area contributed by atoms with Crippen molar-refractivity contribution >= 4 is 10.9 Å². The number of aliphatic hydroxyl groups excluding tert-OH is 1. The van der Waals surface area contributed by atoms with Crippen molar-refractivity contribution in [3.8, 4) is 5.75 Å². The Balaban J connectivity index is 1.55. The summed E-state index contributed by atoms with van der Waals surface area (Å²) in [4.78, 5) is 12.8. The Morgan fingerprint density at radius 2 is 1.76 bits per heavy atom. The Morgan fingerprint density at radius 3 is 2.36 bits per heavy atom. The third-order valence-electron chi connectivity index (χ3n) is 6.57. The first-order valence-electron chi connectivity index (χ1n) is 11.8. The molecule has 0 saturated heterocycles. The van der Waals surface area contributed by atoms with Gasteiger partial charge in [0.2, 0.25) is 0 Å². The molecule has 3 aromatic rings. The van der Waals surface area contributed by atoms with Crippen molar-refractivity contribution in [1.82, 2.24) is 9.88 Å². The summed E-state index contributed by atoms with van der Waals surface area (Å²) in [7, 11) is 1.55. The van der Waals surface area contributed by atoms with Crippen molar-refractivity contribution in [2.24, 2.45) is 0 Å². The minimum Gasteiger partial charge on any atom is -0.465 e. The molecule has 0 amide bonds. The van der Waals surface area contributed by atoms with Gasteiger partial charge in [-0.15, -0.1) is 0 Å². The molecule has 6 nitrogen and oxygen atoms in total. The van der Waals surface area contributed by atoms with E-state index >= 15 is 0 Å². The number of benzene rings is 2. The van der Waals surface area contributed by atoms with E-state index in [0.717, 1.165) is 36.6 Å². The lowest BCUT2D eigenvalue weighted by Crippen LogP contribution is -2.37. The van der Waals surface area contributed by atoms with Crippen LogP contribution in [0, 0.1) is 6.92 Å². The van der Waals surface area contributed by atoms with Gasteiger partial charge < -0.3 is 19.9 Å². The Bertz CT molecular complexity index is 1170. The van der Waals surface area contributed by atoms with E-state index in [1.807, 2.05) is 19.1 Å². The first kappa shape index (κ1) is 23.5. The predicted octanol–water partition coefficient (Wildman–Crippen LogP) is 3.67. The van der Waals surface area contributed by atoms with Gasteiger partial charge >= 0.3 is 0 Å². The molecule has 0 aliphatic heterocycles. The average molecular weight is 451 g/mol. The molecule has 2 N–H and O–H groups in total. The average Bonchev–Trinajstić information content (AvgIpc) is 3.21. The number of aromatic nitrogens is 1. The van der Waals surface area contributed by atoms with E-state index in [9.17, 15) is 9.90 Å². The third-order valence-corrected chi connectivity index (χ3v) is 6.57. The number of hydrogen-bond acceptors (Lipinski definition) is 5. The van der Waals surface area contributed by atoms with Crippen LogP contribution in [0.4, 0.5) is 0 Å². The van der Waals surface area contributed by atoms with Gasteiger partial charge in [-0.05, 0) is 78.6 Å². The van der Waals surface area contributed by atoms with Gasteiger partial charge in [0.15, 0.2) is 6.79 Å². The predicted molar refractivity (Wildman–Crippen MR) is 131 cm³/mol. The molecule has 4 rings (SSSR count). The van der Waals surface area contributed by atoms with E-state index in [4.69, 9.17) is 9.47 Å². The van der Waals surface area contributed by atoms with E-state index < -0.39 is 6.23 Å². The molecule has 1 aromatic heterocycles. The summed E-state index contributed by atoms with van der Waals surface area (Å²) in [6.45, 7) is 6.72. The van der Waals surface area contributed by atoms with Crippen molar-refractivity contribution in [2.75, 3.05) is 20.4 Å². The number of nitrogens with zero attached hydrogens (tertiary/aromatic N) is 1. The lowest BCUT2D eigenvalue weighted by Gasteiger charge is -2.21. The third kappa shape index (κ3) is 4.83. The summed E-state index contributed by atoms with van der Waals surface area (Å²) >= 11 is 0. The largest absolute Gasteiger partial charge is 0.465 e. The molecule has 0 bridgehead atoms. The molecule has 176 valence electrons. The molecule has 6 heteroatoms. The van der Waals surface area contributed by atoms with Gasteiger partial charge in [-0.3, -0.25) is 9.36 Å². The first-order valence-corrected chi connectivity index (χ1v) is 11.8. The molecule has 1 aliphatic carbocycles. The highest BCUT2D eigenvalue weighted by Crippen LogP contribution is 2.29. The molecule has 0 spiro atoms. The fourth-order valence-corrected chi connectivity index (χ4v) is 4.98. The Labute approximate surface area is 195 Å². The fourth-order valence-electron chi connectivity index (χ4n) is 4.98. The zero-order chi connectivity index (χ0) is 23.5. The van der Waals surface area contributed by atoms with Crippen LogP contribution in [0.15, 0.2) is 41.2 Å².